The number of aromatic hydroxyl groups is 2. The molecule has 2 aromatic carbocycles. The maximum absolute atomic E-state index is 9.63. The van der Waals surface area contributed by atoms with Gasteiger partial charge in [0.1, 0.15) is 11.5 Å². The van der Waals surface area contributed by atoms with Crippen molar-refractivity contribution in [1.82, 2.24) is 0 Å². The first-order valence-electron chi connectivity index (χ1n) is 10.0. The molecule has 0 atom stereocenters. The van der Waals surface area contributed by atoms with E-state index in [1.54, 1.807) is 0 Å². The topological polar surface area (TPSA) is 40.5 Å². The van der Waals surface area contributed by atoms with Crippen LogP contribution in [0.4, 0.5) is 0 Å². The number of allylic oxidation sites excluding steroid dienone is 2. The predicted molar refractivity (Wildman–Crippen MR) is 83.6 cm³/mol. The number of rotatable bonds is 4. The van der Waals surface area contributed by atoms with E-state index in [0.717, 1.165) is 38.1 Å². The largest absolute Gasteiger partial charge is 0.508 e. The van der Waals surface area contributed by atoms with Crippen molar-refractivity contribution < 1.29 is 21.2 Å². The number of hydrogen-bond acceptors (Lipinski definition) is 2. The van der Waals surface area contributed by atoms with Crippen LogP contribution >= 0.6 is 0 Å². The highest BCUT2D eigenvalue weighted by Crippen LogP contribution is 2.32. The Hall–Kier alpha value is -2.22. The number of benzene rings is 2. The van der Waals surface area contributed by atoms with Crippen molar-refractivity contribution in [1.29, 1.82) is 0 Å². The van der Waals surface area contributed by atoms with Crippen molar-refractivity contribution in [2.45, 2.75) is 26.6 Å². The van der Waals surface area contributed by atoms with Crippen LogP contribution in [0.3, 0.4) is 0 Å². The summed E-state index contributed by atoms with van der Waals surface area (Å²) in [6, 6.07) is 2.52. The monoisotopic (exact) mass is 276 g/mol. The SMILES string of the molecule is [2H]c1cc(O)cc([2H])c1/C(=C(\c1c([2H])cc(O)cc1[2H])C([2H])([2H])C)C([2H])([2H])C. The minimum Gasteiger partial charge on any atom is -0.508 e. The van der Waals surface area contributed by atoms with Crippen LogP contribution in [0.2, 0.25) is 0 Å². The van der Waals surface area contributed by atoms with Crippen LogP contribution in [0.15, 0.2) is 48.4 Å². The predicted octanol–water partition coefficient (Wildman–Crippen LogP) is 4.83. The summed E-state index contributed by atoms with van der Waals surface area (Å²) in [7, 11) is 0. The number of hydrogen-bond donors (Lipinski definition) is 2. The third-order valence-electron chi connectivity index (χ3n) is 2.71. The van der Waals surface area contributed by atoms with Crippen LogP contribution in [-0.2, 0) is 0 Å². The maximum atomic E-state index is 9.63. The van der Waals surface area contributed by atoms with E-state index in [0.29, 0.717) is 0 Å². The highest BCUT2D eigenvalue weighted by molar-refractivity contribution is 5.90. The molecule has 0 amide bonds. The lowest BCUT2D eigenvalue weighted by molar-refractivity contribution is 0.474. The summed E-state index contributed by atoms with van der Waals surface area (Å²) in [5, 5.41) is 19.3. The zero-order valence-electron chi connectivity index (χ0n) is 19.2. The lowest BCUT2D eigenvalue weighted by Gasteiger charge is -2.14. The van der Waals surface area contributed by atoms with Gasteiger partial charge in [-0.1, -0.05) is 38.0 Å². The van der Waals surface area contributed by atoms with Gasteiger partial charge in [0, 0.05) is 5.48 Å². The van der Waals surface area contributed by atoms with Gasteiger partial charge in [0.15, 0.2) is 0 Å². The fraction of sp³-hybridized carbons (Fsp3) is 0.222. The summed E-state index contributed by atoms with van der Waals surface area (Å²) in [5.41, 5.74) is -1.19. The number of phenols is 2. The third-order valence-corrected chi connectivity index (χ3v) is 2.71. The summed E-state index contributed by atoms with van der Waals surface area (Å²) in [6.07, 6.45) is -4.50. The summed E-state index contributed by atoms with van der Waals surface area (Å²) >= 11 is 0. The van der Waals surface area contributed by atoms with Crippen molar-refractivity contribution >= 4 is 11.1 Å². The van der Waals surface area contributed by atoms with Gasteiger partial charge in [0.05, 0.1) is 5.48 Å². The minimum atomic E-state index is -2.25. The van der Waals surface area contributed by atoms with Gasteiger partial charge in [-0.3, -0.25) is 0 Å². The van der Waals surface area contributed by atoms with E-state index in [1.165, 1.54) is 0 Å². The first kappa shape index (κ1) is 6.98. The molecule has 2 aromatic rings. The fourth-order valence-electron chi connectivity index (χ4n) is 1.79. The Balaban J connectivity index is 3.13. The Labute approximate surface area is 131 Å². The molecule has 2 heteroatoms. The third kappa shape index (κ3) is 3.02. The molecule has 0 saturated heterocycles. The molecule has 0 unspecified atom stereocenters. The lowest BCUT2D eigenvalue weighted by atomic mass is 9.91. The van der Waals surface area contributed by atoms with E-state index in [9.17, 15) is 10.2 Å². The molecule has 0 aromatic heterocycles. The van der Waals surface area contributed by atoms with Gasteiger partial charge < -0.3 is 10.2 Å². The van der Waals surface area contributed by atoms with E-state index in [2.05, 4.69) is 0 Å². The van der Waals surface area contributed by atoms with Gasteiger partial charge in [0.2, 0.25) is 0 Å². The van der Waals surface area contributed by atoms with Gasteiger partial charge in [-0.2, -0.15) is 0 Å². The molecule has 0 aliphatic carbocycles. The van der Waals surface area contributed by atoms with Crippen LogP contribution in [-0.4, -0.2) is 10.2 Å². The van der Waals surface area contributed by atoms with E-state index >= 15 is 0 Å². The Morgan fingerprint density at radius 1 is 0.850 bits per heavy atom. The van der Waals surface area contributed by atoms with E-state index in [1.807, 2.05) is 0 Å². The fourth-order valence-corrected chi connectivity index (χ4v) is 1.79. The molecule has 0 heterocycles. The van der Waals surface area contributed by atoms with Crippen LogP contribution in [0.1, 0.15) is 48.7 Å². The molecule has 0 aliphatic heterocycles. The van der Waals surface area contributed by atoms with Crippen molar-refractivity contribution in [3.05, 3.63) is 59.6 Å². The zero-order chi connectivity index (χ0) is 21.6. The molecule has 0 saturated carbocycles. The molecule has 0 radical (unpaired) electrons. The van der Waals surface area contributed by atoms with Crippen LogP contribution < -0.4 is 0 Å². The van der Waals surface area contributed by atoms with Crippen LogP contribution in [0.25, 0.3) is 11.1 Å². The van der Waals surface area contributed by atoms with Crippen molar-refractivity contribution in [2.75, 3.05) is 0 Å². The average Bonchev–Trinajstić information content (AvgIpc) is 2.44. The molecule has 0 fully saturated rings. The summed E-state index contributed by atoms with van der Waals surface area (Å²) < 4.78 is 65.5. The van der Waals surface area contributed by atoms with Crippen molar-refractivity contribution in [3.8, 4) is 11.5 Å². The summed E-state index contributed by atoms with van der Waals surface area (Å²) in [4.78, 5) is 0. The molecular formula is C18H20O2. The molecule has 2 rings (SSSR count). The van der Waals surface area contributed by atoms with E-state index in [-0.39, 0.29) is 57.9 Å². The Morgan fingerprint density at radius 2 is 1.15 bits per heavy atom. The maximum Gasteiger partial charge on any atom is 0.115 e. The molecule has 2 N–H and O–H groups in total. The van der Waals surface area contributed by atoms with Gasteiger partial charge in [-0.25, -0.2) is 0 Å². The molecule has 0 bridgehead atoms. The van der Waals surface area contributed by atoms with Gasteiger partial charge in [-0.15, -0.1) is 0 Å². The summed E-state index contributed by atoms with van der Waals surface area (Å²) in [5.74, 6) is -0.717. The number of phenolic OH excluding ortho intramolecular Hbond substituents is 2. The average molecular weight is 276 g/mol. The molecule has 104 valence electrons. The Kier molecular flexibility index (Phi) is 2.19. The van der Waals surface area contributed by atoms with Crippen molar-refractivity contribution in [2.24, 2.45) is 0 Å². The van der Waals surface area contributed by atoms with Gasteiger partial charge >= 0.3 is 0 Å². The smallest absolute Gasteiger partial charge is 0.115 e. The molecule has 20 heavy (non-hydrogen) atoms. The van der Waals surface area contributed by atoms with Crippen LogP contribution in [0, 0.1) is 0 Å². The highest BCUT2D eigenvalue weighted by Gasteiger charge is 2.09. The second kappa shape index (κ2) is 6.29. The van der Waals surface area contributed by atoms with Gasteiger partial charge in [0.25, 0.3) is 0 Å². The van der Waals surface area contributed by atoms with Crippen LogP contribution in [0.5, 0.6) is 11.5 Å². The molecule has 0 spiro atoms. The van der Waals surface area contributed by atoms with E-state index < -0.39 is 12.7 Å². The second-order valence-corrected chi connectivity index (χ2v) is 4.00. The molecule has 0 aliphatic rings. The summed E-state index contributed by atoms with van der Waals surface area (Å²) in [6.45, 7) is 2.26. The highest BCUT2D eigenvalue weighted by atomic mass is 16.3. The molecule has 2 nitrogen and oxygen atoms in total. The second-order valence-electron chi connectivity index (χ2n) is 4.00. The van der Waals surface area contributed by atoms with E-state index in [4.69, 9.17) is 11.0 Å². The minimum absolute atomic E-state index is 0.238. The first-order chi connectivity index (χ1) is 12.6. The Bertz CT molecular complexity index is 832. The Morgan fingerprint density at radius 3 is 1.40 bits per heavy atom. The first-order valence-corrected chi connectivity index (χ1v) is 6.01. The van der Waals surface area contributed by atoms with Gasteiger partial charge in [-0.05, 0) is 59.3 Å². The normalized spacial score (nSPS) is 19.3. The standard InChI is InChI=1S/C18H20O2/c1-3-17(13-5-9-15(19)10-6-13)18(4-2)14-7-11-16(20)12-8-14/h5-12,19-20H,3-4H2,1-2H3/b18-17-/i3D2,4D2,5D,6D,7D,8D. The quantitative estimate of drug-likeness (QED) is 0.785. The molecular weight excluding hydrogens is 248 g/mol. The lowest BCUT2D eigenvalue weighted by Crippen LogP contribution is -1.91. The van der Waals surface area contributed by atoms with Crippen molar-refractivity contribution in [3.63, 3.8) is 0 Å². The zero-order valence-corrected chi connectivity index (χ0v) is 11.2.